The van der Waals surface area contributed by atoms with Gasteiger partial charge in [-0.25, -0.2) is 4.79 Å². The van der Waals surface area contributed by atoms with Gasteiger partial charge in [0.1, 0.15) is 0 Å². The first kappa shape index (κ1) is 12.7. The Kier molecular flexibility index (Phi) is 3.61. The molecule has 98 valence electrons. The molecule has 2 rings (SSSR count). The van der Waals surface area contributed by atoms with Crippen molar-refractivity contribution < 1.29 is 4.79 Å². The van der Waals surface area contributed by atoms with Gasteiger partial charge in [0.2, 0.25) is 0 Å². The van der Waals surface area contributed by atoms with Crippen molar-refractivity contribution in [3.8, 4) is 0 Å². The van der Waals surface area contributed by atoms with Crippen LogP contribution in [0.2, 0.25) is 0 Å². The third-order valence-corrected chi connectivity index (χ3v) is 4.02. The van der Waals surface area contributed by atoms with Crippen molar-refractivity contribution >= 4 is 6.03 Å². The summed E-state index contributed by atoms with van der Waals surface area (Å²) in [5, 5.41) is 3.02. The number of hydrogen-bond acceptors (Lipinski definition) is 2. The molecule has 4 heteroatoms. The lowest BCUT2D eigenvalue weighted by Gasteiger charge is -2.45. The highest BCUT2D eigenvalue weighted by molar-refractivity contribution is 5.75. The minimum absolute atomic E-state index is 0.138. The van der Waals surface area contributed by atoms with Crippen LogP contribution in [-0.2, 0) is 0 Å². The number of carbonyl (C=O) groups is 1. The minimum Gasteiger partial charge on any atom is -0.337 e. The van der Waals surface area contributed by atoms with E-state index in [9.17, 15) is 4.79 Å². The molecule has 0 aromatic heterocycles. The van der Waals surface area contributed by atoms with Gasteiger partial charge in [-0.15, -0.1) is 0 Å². The second kappa shape index (κ2) is 4.84. The Morgan fingerprint density at radius 2 is 2.00 bits per heavy atom. The fraction of sp³-hybridized carbons (Fsp3) is 0.923. The molecule has 2 saturated heterocycles. The molecule has 17 heavy (non-hydrogen) atoms. The first-order chi connectivity index (χ1) is 8.02. The van der Waals surface area contributed by atoms with Crippen molar-refractivity contribution in [2.45, 2.75) is 39.7 Å². The van der Waals surface area contributed by atoms with Gasteiger partial charge in [-0.05, 0) is 24.8 Å². The number of hydrogen-bond donors (Lipinski definition) is 1. The van der Waals surface area contributed by atoms with Gasteiger partial charge >= 0.3 is 6.03 Å². The molecule has 2 aliphatic heterocycles. The zero-order valence-corrected chi connectivity index (χ0v) is 11.3. The number of urea groups is 1. The number of likely N-dealkylation sites (tertiary alicyclic amines) is 1. The molecule has 4 nitrogen and oxygen atoms in total. The molecule has 0 unspecified atom stereocenters. The summed E-state index contributed by atoms with van der Waals surface area (Å²) in [4.78, 5) is 16.5. The molecule has 0 aromatic rings. The lowest BCUT2D eigenvalue weighted by Crippen LogP contribution is -2.59. The zero-order valence-electron chi connectivity index (χ0n) is 11.3. The second-order valence-corrected chi connectivity index (χ2v) is 6.12. The molecular weight excluding hydrogens is 214 g/mol. The Balaban J connectivity index is 1.95. The summed E-state index contributed by atoms with van der Waals surface area (Å²) in [5.41, 5.74) is 0.204. The Bertz CT molecular complexity index is 282. The number of amides is 2. The first-order valence-electron chi connectivity index (χ1n) is 6.79. The fourth-order valence-electron chi connectivity index (χ4n) is 2.85. The number of rotatable bonds is 2. The summed E-state index contributed by atoms with van der Waals surface area (Å²) >= 11 is 0. The van der Waals surface area contributed by atoms with E-state index in [0.29, 0.717) is 6.04 Å². The molecule has 2 aliphatic rings. The van der Waals surface area contributed by atoms with E-state index >= 15 is 0 Å². The summed E-state index contributed by atoms with van der Waals surface area (Å²) in [6.07, 6.45) is 2.24. The quantitative estimate of drug-likeness (QED) is 0.793. The predicted molar refractivity (Wildman–Crippen MR) is 69.0 cm³/mol. The van der Waals surface area contributed by atoms with Crippen LogP contribution in [0.15, 0.2) is 0 Å². The zero-order chi connectivity index (χ0) is 12.5. The normalized spacial score (nSPS) is 27.0. The molecule has 0 spiro atoms. The van der Waals surface area contributed by atoms with E-state index in [1.807, 2.05) is 0 Å². The highest BCUT2D eigenvalue weighted by Crippen LogP contribution is 2.25. The maximum atomic E-state index is 11.9. The summed E-state index contributed by atoms with van der Waals surface area (Å²) in [7, 11) is 0. The maximum Gasteiger partial charge on any atom is 0.317 e. The number of nitrogens with zero attached hydrogens (tertiary/aromatic N) is 2. The summed E-state index contributed by atoms with van der Waals surface area (Å²) in [6.45, 7) is 11.7. The predicted octanol–water partition coefficient (Wildman–Crippen LogP) is 1.52. The number of nitrogens with one attached hydrogen (secondary N) is 1. The van der Waals surface area contributed by atoms with E-state index < -0.39 is 0 Å². The van der Waals surface area contributed by atoms with Gasteiger partial charge in [0.15, 0.2) is 0 Å². The van der Waals surface area contributed by atoms with Crippen LogP contribution in [-0.4, -0.2) is 54.6 Å². The van der Waals surface area contributed by atoms with Crippen LogP contribution >= 0.6 is 0 Å². The fourth-order valence-corrected chi connectivity index (χ4v) is 2.85. The maximum absolute atomic E-state index is 11.9. The third-order valence-electron chi connectivity index (χ3n) is 4.02. The van der Waals surface area contributed by atoms with Crippen molar-refractivity contribution in [2.75, 3.05) is 32.7 Å². The monoisotopic (exact) mass is 239 g/mol. The van der Waals surface area contributed by atoms with Gasteiger partial charge in [-0.1, -0.05) is 20.8 Å². The number of carbonyl (C=O) groups excluding carboxylic acids is 1. The Labute approximate surface area is 104 Å². The number of piperidine rings is 1. The van der Waals surface area contributed by atoms with Gasteiger partial charge in [0, 0.05) is 32.2 Å². The van der Waals surface area contributed by atoms with Crippen LogP contribution in [0.1, 0.15) is 33.6 Å². The molecule has 2 fully saturated rings. The van der Waals surface area contributed by atoms with E-state index in [1.165, 1.54) is 0 Å². The van der Waals surface area contributed by atoms with Crippen molar-refractivity contribution in [1.82, 2.24) is 15.1 Å². The molecule has 0 saturated carbocycles. The molecule has 0 radical (unpaired) electrons. The lowest BCUT2D eigenvalue weighted by atomic mass is 9.89. The van der Waals surface area contributed by atoms with E-state index in [4.69, 9.17) is 0 Å². The van der Waals surface area contributed by atoms with Crippen LogP contribution in [0.25, 0.3) is 0 Å². The largest absolute Gasteiger partial charge is 0.337 e. The van der Waals surface area contributed by atoms with E-state index in [2.05, 4.69) is 35.9 Å². The topological polar surface area (TPSA) is 35.6 Å². The molecule has 0 aromatic carbocycles. The molecular formula is C13H25N3O. The molecule has 2 heterocycles. The average Bonchev–Trinajstić information content (AvgIpc) is 2.33. The Morgan fingerprint density at radius 3 is 2.59 bits per heavy atom. The first-order valence-corrected chi connectivity index (χ1v) is 6.79. The van der Waals surface area contributed by atoms with Gasteiger partial charge in [-0.3, -0.25) is 0 Å². The standard InChI is InChI=1S/C13H25N3O/c1-4-15-7-5-11(6-8-15)16-10-13(2,3)9-14-12(16)17/h11H,4-10H2,1-3H3,(H,14,17). The third kappa shape index (κ3) is 2.92. The van der Waals surface area contributed by atoms with Gasteiger partial charge in [-0.2, -0.15) is 0 Å². The van der Waals surface area contributed by atoms with Gasteiger partial charge in [0.05, 0.1) is 0 Å². The van der Waals surface area contributed by atoms with Crippen LogP contribution < -0.4 is 5.32 Å². The molecule has 0 aliphatic carbocycles. The Morgan fingerprint density at radius 1 is 1.35 bits per heavy atom. The van der Waals surface area contributed by atoms with E-state index in [0.717, 1.165) is 45.6 Å². The van der Waals surface area contributed by atoms with E-state index in [-0.39, 0.29) is 11.4 Å². The van der Waals surface area contributed by atoms with Gasteiger partial charge in [0.25, 0.3) is 0 Å². The summed E-state index contributed by atoms with van der Waals surface area (Å²) in [5.74, 6) is 0. The lowest BCUT2D eigenvalue weighted by molar-refractivity contribution is 0.0780. The molecule has 0 bridgehead atoms. The smallest absolute Gasteiger partial charge is 0.317 e. The summed E-state index contributed by atoms with van der Waals surface area (Å²) in [6, 6.07) is 0.580. The highest BCUT2D eigenvalue weighted by Gasteiger charge is 2.35. The van der Waals surface area contributed by atoms with E-state index in [1.54, 1.807) is 0 Å². The SMILES string of the molecule is CCN1CCC(N2CC(C)(C)CNC2=O)CC1. The highest BCUT2D eigenvalue weighted by atomic mass is 16.2. The minimum atomic E-state index is 0.138. The molecule has 2 amide bonds. The molecule has 0 atom stereocenters. The van der Waals surface area contributed by atoms with Crippen molar-refractivity contribution in [3.05, 3.63) is 0 Å². The van der Waals surface area contributed by atoms with Gasteiger partial charge < -0.3 is 15.1 Å². The van der Waals surface area contributed by atoms with Crippen molar-refractivity contribution in [1.29, 1.82) is 0 Å². The average molecular weight is 239 g/mol. The molecule has 1 N–H and O–H groups in total. The van der Waals surface area contributed by atoms with Crippen LogP contribution in [0.4, 0.5) is 4.79 Å². The van der Waals surface area contributed by atoms with Crippen LogP contribution in [0.5, 0.6) is 0 Å². The van der Waals surface area contributed by atoms with Crippen LogP contribution in [0, 0.1) is 5.41 Å². The Hall–Kier alpha value is -0.770. The van der Waals surface area contributed by atoms with Crippen molar-refractivity contribution in [2.24, 2.45) is 5.41 Å². The second-order valence-electron chi connectivity index (χ2n) is 6.12. The van der Waals surface area contributed by atoms with Crippen LogP contribution in [0.3, 0.4) is 0 Å². The van der Waals surface area contributed by atoms with Crippen molar-refractivity contribution in [3.63, 3.8) is 0 Å². The summed E-state index contributed by atoms with van der Waals surface area (Å²) < 4.78 is 0.